The standard InChI is InChI=1S/C20H20BrN3O2S/c1-11-14-10-19(7-6-16(14)23-26-11)9-12-4-5-13(21)8-15(12)20(19)17(25)24(2)18(22-20)27-3/h4-5,8H,6-7,9-10H2,1-3H3. The molecule has 1 aromatic heterocycles. The van der Waals surface area contributed by atoms with Crippen LogP contribution in [0.1, 0.15) is 34.6 Å². The van der Waals surface area contributed by atoms with Crippen LogP contribution in [-0.4, -0.2) is 34.4 Å². The van der Waals surface area contributed by atoms with Gasteiger partial charge in [0.2, 0.25) is 0 Å². The summed E-state index contributed by atoms with van der Waals surface area (Å²) in [7, 11) is 1.84. The minimum atomic E-state index is -0.861. The number of rotatable bonds is 0. The number of thioether (sulfide) groups is 1. The maximum absolute atomic E-state index is 13.7. The Morgan fingerprint density at radius 3 is 2.89 bits per heavy atom. The Kier molecular flexibility index (Phi) is 3.70. The summed E-state index contributed by atoms with van der Waals surface area (Å²) in [6, 6.07) is 6.30. The summed E-state index contributed by atoms with van der Waals surface area (Å²) >= 11 is 5.14. The molecule has 2 aliphatic carbocycles. The first-order valence-electron chi connectivity index (χ1n) is 9.07. The Hall–Kier alpha value is -1.60. The Balaban J connectivity index is 1.77. The van der Waals surface area contributed by atoms with Crippen molar-refractivity contribution >= 4 is 38.8 Å². The highest BCUT2D eigenvalue weighted by Gasteiger charge is 2.66. The van der Waals surface area contributed by atoms with Crippen LogP contribution in [0.5, 0.6) is 0 Å². The molecule has 2 atom stereocenters. The molecule has 0 bridgehead atoms. The van der Waals surface area contributed by atoms with E-state index in [0.717, 1.165) is 57.9 Å². The average Bonchev–Trinajstić information content (AvgIpc) is 3.24. The highest BCUT2D eigenvalue weighted by molar-refractivity contribution is 9.10. The highest BCUT2D eigenvalue weighted by atomic mass is 79.9. The highest BCUT2D eigenvalue weighted by Crippen LogP contribution is 2.61. The minimum Gasteiger partial charge on any atom is -0.361 e. The van der Waals surface area contributed by atoms with Crippen LogP contribution < -0.4 is 0 Å². The van der Waals surface area contributed by atoms with Gasteiger partial charge < -0.3 is 4.52 Å². The Bertz CT molecular complexity index is 1020. The molecule has 0 radical (unpaired) electrons. The third kappa shape index (κ3) is 2.10. The van der Waals surface area contributed by atoms with Crippen molar-refractivity contribution < 1.29 is 9.32 Å². The lowest BCUT2D eigenvalue weighted by Crippen LogP contribution is -2.51. The van der Waals surface area contributed by atoms with Gasteiger partial charge in [0.1, 0.15) is 5.76 Å². The lowest BCUT2D eigenvalue weighted by Gasteiger charge is -2.43. The van der Waals surface area contributed by atoms with Crippen molar-refractivity contribution in [2.45, 2.75) is 38.1 Å². The second-order valence-corrected chi connectivity index (χ2v) is 9.46. The fourth-order valence-electron chi connectivity index (χ4n) is 5.22. The maximum Gasteiger partial charge on any atom is 0.261 e. The topological polar surface area (TPSA) is 58.7 Å². The van der Waals surface area contributed by atoms with E-state index in [2.05, 4.69) is 39.3 Å². The first-order valence-corrected chi connectivity index (χ1v) is 11.1. The van der Waals surface area contributed by atoms with E-state index in [9.17, 15) is 4.79 Å². The summed E-state index contributed by atoms with van der Waals surface area (Å²) in [5, 5.41) is 5.03. The number of amidine groups is 1. The third-order valence-electron chi connectivity index (χ3n) is 6.53. The summed E-state index contributed by atoms with van der Waals surface area (Å²) < 4.78 is 6.45. The number of fused-ring (bicyclic) bond motifs is 4. The van der Waals surface area contributed by atoms with Crippen molar-refractivity contribution in [1.29, 1.82) is 0 Å². The summed E-state index contributed by atoms with van der Waals surface area (Å²) in [6.45, 7) is 1.97. The molecule has 1 amide bonds. The quantitative estimate of drug-likeness (QED) is 0.617. The Labute approximate surface area is 170 Å². The molecule has 0 saturated carbocycles. The number of aryl methyl sites for hydroxylation is 2. The van der Waals surface area contributed by atoms with Crippen LogP contribution in [0.4, 0.5) is 0 Å². The van der Waals surface area contributed by atoms with E-state index >= 15 is 0 Å². The molecule has 0 saturated heterocycles. The average molecular weight is 446 g/mol. The lowest BCUT2D eigenvalue weighted by molar-refractivity contribution is -0.135. The van der Waals surface area contributed by atoms with Crippen molar-refractivity contribution in [3.8, 4) is 0 Å². The van der Waals surface area contributed by atoms with Crippen molar-refractivity contribution in [3.05, 3.63) is 50.8 Å². The molecule has 27 heavy (non-hydrogen) atoms. The van der Waals surface area contributed by atoms with Gasteiger partial charge in [0.25, 0.3) is 5.91 Å². The van der Waals surface area contributed by atoms with Crippen molar-refractivity contribution in [1.82, 2.24) is 10.1 Å². The number of carbonyl (C=O) groups excluding carboxylic acids is 1. The summed E-state index contributed by atoms with van der Waals surface area (Å²) in [4.78, 5) is 20.6. The van der Waals surface area contributed by atoms with Gasteiger partial charge in [-0.15, -0.1) is 0 Å². The number of carbonyl (C=O) groups is 1. The van der Waals surface area contributed by atoms with E-state index in [4.69, 9.17) is 9.52 Å². The first-order chi connectivity index (χ1) is 12.9. The lowest BCUT2D eigenvalue weighted by atomic mass is 9.61. The molecule has 5 rings (SSSR count). The molecular formula is C20H20BrN3O2S. The number of likely N-dealkylation sites (N-methyl/N-ethyl adjacent to an activating group) is 1. The van der Waals surface area contributed by atoms with Crippen LogP contribution in [0.25, 0.3) is 0 Å². The van der Waals surface area contributed by atoms with Gasteiger partial charge in [0.15, 0.2) is 10.7 Å². The van der Waals surface area contributed by atoms with E-state index in [1.807, 2.05) is 20.2 Å². The molecule has 140 valence electrons. The second kappa shape index (κ2) is 5.70. The first kappa shape index (κ1) is 17.5. The molecule has 1 aromatic carbocycles. The van der Waals surface area contributed by atoms with E-state index in [-0.39, 0.29) is 11.3 Å². The molecular weight excluding hydrogens is 426 g/mol. The smallest absolute Gasteiger partial charge is 0.261 e. The van der Waals surface area contributed by atoms with Gasteiger partial charge in [0, 0.05) is 22.5 Å². The number of amides is 1. The zero-order valence-corrected chi connectivity index (χ0v) is 17.9. The molecule has 2 unspecified atom stereocenters. The van der Waals surface area contributed by atoms with Crippen LogP contribution in [0.2, 0.25) is 0 Å². The Morgan fingerprint density at radius 2 is 2.15 bits per heavy atom. The third-order valence-corrected chi connectivity index (χ3v) is 7.75. The molecule has 2 aromatic rings. The SMILES string of the molecule is CSC1=NC2(C(=O)N1C)c1cc(Br)ccc1CC21CCc2noc(C)c2C1. The summed E-state index contributed by atoms with van der Waals surface area (Å²) in [6.07, 6.45) is 5.31. The minimum absolute atomic E-state index is 0.0845. The van der Waals surface area contributed by atoms with Crippen molar-refractivity contribution in [3.63, 3.8) is 0 Å². The largest absolute Gasteiger partial charge is 0.361 e. The number of halogens is 1. The monoisotopic (exact) mass is 445 g/mol. The number of aliphatic imine (C=N–C) groups is 1. The number of benzene rings is 1. The van der Waals surface area contributed by atoms with Crippen LogP contribution in [-0.2, 0) is 29.6 Å². The summed E-state index contributed by atoms with van der Waals surface area (Å²) in [5.41, 5.74) is 3.34. The Morgan fingerprint density at radius 1 is 1.33 bits per heavy atom. The van der Waals surface area contributed by atoms with Gasteiger partial charge >= 0.3 is 0 Å². The second-order valence-electron chi connectivity index (χ2n) is 7.77. The molecule has 7 heteroatoms. The molecule has 0 fully saturated rings. The van der Waals surface area contributed by atoms with Gasteiger partial charge in [-0.25, -0.2) is 4.99 Å². The fraction of sp³-hybridized carbons (Fsp3) is 0.450. The molecule has 5 nitrogen and oxygen atoms in total. The van der Waals surface area contributed by atoms with E-state index in [0.29, 0.717) is 0 Å². The van der Waals surface area contributed by atoms with Gasteiger partial charge in [-0.2, -0.15) is 0 Å². The molecule has 3 aliphatic rings. The number of hydrogen-bond acceptors (Lipinski definition) is 5. The number of aromatic nitrogens is 1. The van der Waals surface area contributed by atoms with E-state index in [1.54, 1.807) is 4.90 Å². The van der Waals surface area contributed by atoms with Crippen molar-refractivity contribution in [2.75, 3.05) is 13.3 Å². The molecule has 1 aliphatic heterocycles. The van der Waals surface area contributed by atoms with E-state index in [1.165, 1.54) is 17.3 Å². The molecule has 0 N–H and O–H groups in total. The van der Waals surface area contributed by atoms with Crippen molar-refractivity contribution in [2.24, 2.45) is 10.4 Å². The number of nitrogens with zero attached hydrogens (tertiary/aromatic N) is 3. The van der Waals surface area contributed by atoms with Gasteiger partial charge in [-0.05, 0) is 62.1 Å². The predicted molar refractivity (Wildman–Crippen MR) is 109 cm³/mol. The number of hydrogen-bond donors (Lipinski definition) is 0. The van der Waals surface area contributed by atoms with Crippen LogP contribution in [0.15, 0.2) is 32.2 Å². The fourth-order valence-corrected chi connectivity index (χ4v) is 6.17. The van der Waals surface area contributed by atoms with Crippen LogP contribution >= 0.6 is 27.7 Å². The van der Waals surface area contributed by atoms with Crippen LogP contribution in [0.3, 0.4) is 0 Å². The molecule has 2 heterocycles. The normalized spacial score (nSPS) is 28.8. The van der Waals surface area contributed by atoms with E-state index < -0.39 is 5.54 Å². The van der Waals surface area contributed by atoms with Gasteiger partial charge in [-0.3, -0.25) is 9.69 Å². The zero-order chi connectivity index (χ0) is 19.0. The maximum atomic E-state index is 13.7. The van der Waals surface area contributed by atoms with Gasteiger partial charge in [-0.1, -0.05) is 38.9 Å². The summed E-state index contributed by atoms with van der Waals surface area (Å²) in [5.74, 6) is 0.950. The predicted octanol–water partition coefficient (Wildman–Crippen LogP) is 3.86. The van der Waals surface area contributed by atoms with Gasteiger partial charge in [0.05, 0.1) is 5.69 Å². The zero-order valence-electron chi connectivity index (χ0n) is 15.5. The molecule has 2 spiro atoms. The van der Waals surface area contributed by atoms with Crippen LogP contribution in [0, 0.1) is 12.3 Å².